The molecule has 0 radical (unpaired) electrons. The molecule has 5 nitrogen and oxygen atoms in total. The Morgan fingerprint density at radius 1 is 1.40 bits per heavy atom. The van der Waals surface area contributed by atoms with Crippen molar-refractivity contribution < 1.29 is 18.1 Å². The topological polar surface area (TPSA) is 61.0 Å². The fourth-order valence-corrected chi connectivity index (χ4v) is 1.83. The number of imidazole rings is 1. The fraction of sp³-hybridized carbons (Fsp3) is 0.250. The van der Waals surface area contributed by atoms with Crippen molar-refractivity contribution in [2.45, 2.75) is 19.6 Å². The highest BCUT2D eigenvalue weighted by molar-refractivity contribution is 5.41. The molecule has 0 saturated carbocycles. The van der Waals surface area contributed by atoms with Gasteiger partial charge in [0.1, 0.15) is 5.82 Å². The van der Waals surface area contributed by atoms with Gasteiger partial charge in [-0.1, -0.05) is 0 Å². The summed E-state index contributed by atoms with van der Waals surface area (Å²) in [5.74, 6) is 0.566. The van der Waals surface area contributed by atoms with Crippen molar-refractivity contribution in [1.82, 2.24) is 9.55 Å². The molecular formula is C12H10F3N3O2. The number of halogens is 3. The van der Waals surface area contributed by atoms with Crippen LogP contribution in [0.15, 0.2) is 30.6 Å². The van der Waals surface area contributed by atoms with Crippen LogP contribution in [0.4, 0.5) is 18.9 Å². The van der Waals surface area contributed by atoms with Crippen LogP contribution in [0.1, 0.15) is 17.0 Å². The monoisotopic (exact) mass is 285 g/mol. The molecule has 0 aliphatic heterocycles. The predicted octanol–water partition coefficient (Wildman–Crippen LogP) is 3.17. The van der Waals surface area contributed by atoms with Gasteiger partial charge in [0, 0.05) is 31.1 Å². The zero-order chi connectivity index (χ0) is 14.9. The number of aromatic nitrogens is 2. The Hall–Kier alpha value is -2.38. The van der Waals surface area contributed by atoms with E-state index in [2.05, 4.69) is 4.98 Å². The average molecular weight is 285 g/mol. The maximum atomic E-state index is 13.0. The molecule has 2 aromatic rings. The second-order valence-corrected chi connectivity index (χ2v) is 4.20. The highest BCUT2D eigenvalue weighted by atomic mass is 19.4. The minimum atomic E-state index is -4.64. The maximum absolute atomic E-state index is 13.0. The van der Waals surface area contributed by atoms with E-state index in [-0.39, 0.29) is 12.1 Å². The Kier molecular flexibility index (Phi) is 3.47. The predicted molar refractivity (Wildman–Crippen MR) is 64.2 cm³/mol. The number of aryl methyl sites for hydroxylation is 1. The fourth-order valence-electron chi connectivity index (χ4n) is 1.83. The van der Waals surface area contributed by atoms with Crippen LogP contribution < -0.4 is 0 Å². The third-order valence-corrected chi connectivity index (χ3v) is 2.87. The van der Waals surface area contributed by atoms with Gasteiger partial charge in [0.05, 0.1) is 10.5 Å². The molecule has 0 aliphatic carbocycles. The van der Waals surface area contributed by atoms with Crippen LogP contribution >= 0.6 is 0 Å². The van der Waals surface area contributed by atoms with Crippen LogP contribution in [-0.2, 0) is 12.7 Å². The number of hydrogen-bond donors (Lipinski definition) is 0. The van der Waals surface area contributed by atoms with Crippen molar-refractivity contribution >= 4 is 5.69 Å². The largest absolute Gasteiger partial charge is 0.416 e. The molecule has 0 fully saturated rings. The van der Waals surface area contributed by atoms with E-state index in [0.717, 1.165) is 12.1 Å². The summed E-state index contributed by atoms with van der Waals surface area (Å²) in [5.41, 5.74) is -1.62. The molecule has 0 N–H and O–H groups in total. The first-order valence-corrected chi connectivity index (χ1v) is 5.61. The molecular weight excluding hydrogens is 275 g/mol. The van der Waals surface area contributed by atoms with E-state index in [0.29, 0.717) is 11.9 Å². The Morgan fingerprint density at radius 3 is 2.60 bits per heavy atom. The van der Waals surface area contributed by atoms with Gasteiger partial charge in [-0.15, -0.1) is 0 Å². The number of nitrogens with zero attached hydrogens (tertiary/aromatic N) is 3. The van der Waals surface area contributed by atoms with E-state index >= 15 is 0 Å². The molecule has 20 heavy (non-hydrogen) atoms. The van der Waals surface area contributed by atoms with Crippen LogP contribution in [-0.4, -0.2) is 14.5 Å². The van der Waals surface area contributed by atoms with E-state index in [9.17, 15) is 23.3 Å². The van der Waals surface area contributed by atoms with Gasteiger partial charge in [0.2, 0.25) is 0 Å². The molecule has 0 amide bonds. The number of alkyl halides is 3. The lowest BCUT2D eigenvalue weighted by Crippen LogP contribution is -2.12. The number of benzene rings is 1. The molecule has 1 aromatic heterocycles. The van der Waals surface area contributed by atoms with E-state index in [1.165, 1.54) is 10.8 Å². The number of non-ortho nitro benzene ring substituents is 1. The smallest absolute Gasteiger partial charge is 0.331 e. The van der Waals surface area contributed by atoms with Crippen LogP contribution in [0.3, 0.4) is 0 Å². The summed E-state index contributed by atoms with van der Waals surface area (Å²) < 4.78 is 40.5. The number of nitro benzene ring substituents is 1. The molecule has 8 heteroatoms. The minimum absolute atomic E-state index is 0.0378. The number of nitro groups is 1. The maximum Gasteiger partial charge on any atom is 0.416 e. The lowest BCUT2D eigenvalue weighted by molar-refractivity contribution is -0.385. The summed E-state index contributed by atoms with van der Waals surface area (Å²) in [6.07, 6.45) is -1.61. The van der Waals surface area contributed by atoms with Crippen molar-refractivity contribution in [3.63, 3.8) is 0 Å². The normalized spacial score (nSPS) is 11.6. The molecule has 1 heterocycles. The number of rotatable bonds is 3. The third kappa shape index (κ3) is 2.79. The second kappa shape index (κ2) is 4.95. The molecule has 1 aromatic carbocycles. The minimum Gasteiger partial charge on any atom is -0.331 e. The summed E-state index contributed by atoms with van der Waals surface area (Å²) in [6, 6.07) is 2.75. The molecule has 106 valence electrons. The van der Waals surface area contributed by atoms with E-state index < -0.39 is 22.4 Å². The van der Waals surface area contributed by atoms with Gasteiger partial charge in [0.15, 0.2) is 0 Å². The van der Waals surface area contributed by atoms with Gasteiger partial charge in [0.25, 0.3) is 5.69 Å². The summed E-state index contributed by atoms with van der Waals surface area (Å²) >= 11 is 0. The summed E-state index contributed by atoms with van der Waals surface area (Å²) in [4.78, 5) is 13.7. The Morgan fingerprint density at radius 2 is 2.10 bits per heavy atom. The molecule has 0 spiro atoms. The van der Waals surface area contributed by atoms with Crippen molar-refractivity contribution in [1.29, 1.82) is 0 Å². The van der Waals surface area contributed by atoms with E-state index in [4.69, 9.17) is 0 Å². The van der Waals surface area contributed by atoms with Crippen molar-refractivity contribution in [3.05, 3.63) is 57.7 Å². The first kappa shape index (κ1) is 14.0. The van der Waals surface area contributed by atoms with Gasteiger partial charge in [-0.25, -0.2) is 4.98 Å². The van der Waals surface area contributed by atoms with Crippen LogP contribution in [0, 0.1) is 17.0 Å². The van der Waals surface area contributed by atoms with Gasteiger partial charge >= 0.3 is 6.18 Å². The Balaban J connectivity index is 2.47. The Labute approximate surface area is 111 Å². The molecule has 0 unspecified atom stereocenters. The molecule has 0 saturated heterocycles. The van der Waals surface area contributed by atoms with Crippen LogP contribution in [0.5, 0.6) is 0 Å². The average Bonchev–Trinajstić information content (AvgIpc) is 2.74. The van der Waals surface area contributed by atoms with E-state index in [1.54, 1.807) is 13.1 Å². The first-order valence-electron chi connectivity index (χ1n) is 5.61. The summed E-state index contributed by atoms with van der Waals surface area (Å²) in [7, 11) is 0. The first-order chi connectivity index (χ1) is 9.29. The van der Waals surface area contributed by atoms with Gasteiger partial charge < -0.3 is 4.57 Å². The van der Waals surface area contributed by atoms with Crippen molar-refractivity contribution in [3.8, 4) is 0 Å². The zero-order valence-electron chi connectivity index (χ0n) is 10.4. The third-order valence-electron chi connectivity index (χ3n) is 2.87. The SMILES string of the molecule is Cc1nccn1Cc1ccc([N+](=O)[O-])cc1C(F)(F)F. The quantitative estimate of drug-likeness (QED) is 0.642. The van der Waals surface area contributed by atoms with Crippen LogP contribution in [0.2, 0.25) is 0 Å². The van der Waals surface area contributed by atoms with Gasteiger partial charge in [-0.05, 0) is 18.6 Å². The van der Waals surface area contributed by atoms with Gasteiger partial charge in [-0.3, -0.25) is 10.1 Å². The highest BCUT2D eigenvalue weighted by Gasteiger charge is 2.35. The standard InChI is InChI=1S/C12H10F3N3O2/c1-8-16-4-5-17(8)7-9-2-3-10(18(19)20)6-11(9)12(13,14)15/h2-6H,7H2,1H3. The zero-order valence-corrected chi connectivity index (χ0v) is 10.4. The lowest BCUT2D eigenvalue weighted by Gasteiger charge is -2.13. The molecule has 0 bridgehead atoms. The summed E-state index contributed by atoms with van der Waals surface area (Å²) in [6.45, 7) is 1.62. The number of hydrogen-bond acceptors (Lipinski definition) is 3. The molecule has 2 rings (SSSR count). The Bertz CT molecular complexity index is 650. The van der Waals surface area contributed by atoms with Gasteiger partial charge in [-0.2, -0.15) is 13.2 Å². The van der Waals surface area contributed by atoms with E-state index in [1.807, 2.05) is 0 Å². The van der Waals surface area contributed by atoms with Crippen molar-refractivity contribution in [2.24, 2.45) is 0 Å². The lowest BCUT2D eigenvalue weighted by atomic mass is 10.1. The summed E-state index contributed by atoms with van der Waals surface area (Å²) in [5, 5.41) is 10.6. The van der Waals surface area contributed by atoms with Crippen molar-refractivity contribution in [2.75, 3.05) is 0 Å². The van der Waals surface area contributed by atoms with Crippen LogP contribution in [0.25, 0.3) is 0 Å². The second-order valence-electron chi connectivity index (χ2n) is 4.20. The molecule has 0 aliphatic rings. The highest BCUT2D eigenvalue weighted by Crippen LogP contribution is 2.34. The molecule has 0 atom stereocenters.